The van der Waals surface area contributed by atoms with Crippen LogP contribution in [0, 0.1) is 0 Å². The topological polar surface area (TPSA) is 150 Å². The molecule has 0 saturated carbocycles. The molecule has 0 radical (unpaired) electrons. The second-order valence-electron chi connectivity index (χ2n) is 9.04. The van der Waals surface area contributed by atoms with Gasteiger partial charge in [-0.05, 0) is 29.8 Å². The van der Waals surface area contributed by atoms with E-state index in [2.05, 4.69) is 15.6 Å². The number of anilines is 1. The predicted molar refractivity (Wildman–Crippen MR) is 142 cm³/mol. The minimum atomic E-state index is -1.46. The summed E-state index contributed by atoms with van der Waals surface area (Å²) in [4.78, 5) is 54.9. The molecular formula is C27H33N5O8. The number of esters is 1. The third-order valence-electron chi connectivity index (χ3n) is 6.33. The lowest BCUT2D eigenvalue weighted by Crippen LogP contribution is -2.39. The van der Waals surface area contributed by atoms with E-state index in [0.29, 0.717) is 37.4 Å². The molecule has 13 nitrogen and oxygen atoms in total. The first-order valence-corrected chi connectivity index (χ1v) is 12.7. The van der Waals surface area contributed by atoms with Gasteiger partial charge in [-0.15, -0.1) is 0 Å². The summed E-state index contributed by atoms with van der Waals surface area (Å²) in [6.07, 6.45) is 1.94. The molecule has 0 bridgehead atoms. The Balaban J connectivity index is 1.37. The highest BCUT2D eigenvalue weighted by atomic mass is 16.5. The molecule has 2 aliphatic heterocycles. The van der Waals surface area contributed by atoms with Gasteiger partial charge in [-0.25, -0.2) is 4.79 Å². The van der Waals surface area contributed by atoms with E-state index in [1.54, 1.807) is 24.3 Å². The van der Waals surface area contributed by atoms with Crippen LogP contribution >= 0.6 is 0 Å². The zero-order valence-corrected chi connectivity index (χ0v) is 22.0. The normalized spacial score (nSPS) is 20.1. The molecule has 1 aromatic heterocycles. The molecule has 1 unspecified atom stereocenters. The van der Waals surface area contributed by atoms with Gasteiger partial charge in [0.05, 0.1) is 34.7 Å². The van der Waals surface area contributed by atoms with Gasteiger partial charge in [0.2, 0.25) is 5.91 Å². The van der Waals surface area contributed by atoms with Gasteiger partial charge < -0.3 is 34.5 Å². The Morgan fingerprint density at radius 3 is 2.67 bits per heavy atom. The Morgan fingerprint density at radius 2 is 1.98 bits per heavy atom. The number of benzene rings is 1. The SMILES string of the molecule is [2H]C([3H])OC[C@@H]1C=C(N2CCOCC2)[C@H](n2ccc(NC(=O)c3ccc(COC(=O)CCC(=O)NC)cc3)nc2=O)O1. The maximum Gasteiger partial charge on any atom is 0.351 e. The molecular weight excluding hydrogens is 522 g/mol. The number of rotatable bonds is 11. The smallest absolute Gasteiger partial charge is 0.351 e. The van der Waals surface area contributed by atoms with Crippen molar-refractivity contribution >= 4 is 23.6 Å². The first-order valence-electron chi connectivity index (χ1n) is 13.9. The molecule has 2 aromatic rings. The fraction of sp³-hybridized carbons (Fsp3) is 0.444. The van der Waals surface area contributed by atoms with Crippen LogP contribution in [-0.4, -0.2) is 85.4 Å². The van der Waals surface area contributed by atoms with E-state index in [-0.39, 0.29) is 37.8 Å². The van der Waals surface area contributed by atoms with Crippen molar-refractivity contribution in [3.8, 4) is 0 Å². The lowest BCUT2D eigenvalue weighted by molar-refractivity contribution is -0.146. The van der Waals surface area contributed by atoms with Gasteiger partial charge in [0.25, 0.3) is 5.91 Å². The van der Waals surface area contributed by atoms with Crippen LogP contribution in [0.3, 0.4) is 0 Å². The number of hydrogen-bond donors (Lipinski definition) is 2. The Hall–Kier alpha value is -4.07. The van der Waals surface area contributed by atoms with Gasteiger partial charge in [-0.1, -0.05) is 12.1 Å². The van der Waals surface area contributed by atoms with Crippen molar-refractivity contribution in [2.75, 3.05) is 52.3 Å². The fourth-order valence-electron chi connectivity index (χ4n) is 4.20. The number of amides is 2. The van der Waals surface area contributed by atoms with Crippen LogP contribution in [0.15, 0.2) is 53.1 Å². The minimum absolute atomic E-state index is 0.00182. The monoisotopic (exact) mass is 558 g/mol. The number of ether oxygens (including phenoxy) is 4. The molecule has 0 aliphatic carbocycles. The summed E-state index contributed by atoms with van der Waals surface area (Å²) < 4.78 is 37.5. The molecule has 2 amide bonds. The van der Waals surface area contributed by atoms with Crippen LogP contribution in [0.25, 0.3) is 0 Å². The summed E-state index contributed by atoms with van der Waals surface area (Å²) in [5, 5.41) is 5.04. The van der Waals surface area contributed by atoms with Crippen LogP contribution in [0.5, 0.6) is 0 Å². The number of nitrogens with one attached hydrogen (secondary N) is 2. The molecule has 214 valence electrons. The van der Waals surface area contributed by atoms with Crippen molar-refractivity contribution in [2.45, 2.75) is 31.8 Å². The zero-order chi connectivity index (χ0) is 30.1. The van der Waals surface area contributed by atoms with E-state index in [1.165, 1.54) is 23.9 Å². The summed E-state index contributed by atoms with van der Waals surface area (Å²) in [5.74, 6) is -1.19. The molecule has 4 rings (SSSR count). The number of hydrogen-bond acceptors (Lipinski definition) is 10. The first kappa shape index (κ1) is 26.2. The highest BCUT2D eigenvalue weighted by Crippen LogP contribution is 2.31. The maximum atomic E-state index is 13.0. The van der Waals surface area contributed by atoms with Crippen molar-refractivity contribution in [3.63, 3.8) is 0 Å². The Labute approximate surface area is 233 Å². The predicted octanol–water partition coefficient (Wildman–Crippen LogP) is 0.825. The molecule has 0 spiro atoms. The third-order valence-corrected chi connectivity index (χ3v) is 6.33. The molecule has 2 aliphatic rings. The summed E-state index contributed by atoms with van der Waals surface area (Å²) in [6, 6.07) is 7.85. The highest BCUT2D eigenvalue weighted by molar-refractivity contribution is 6.03. The average Bonchev–Trinajstić information content (AvgIpc) is 3.42. The molecule has 40 heavy (non-hydrogen) atoms. The van der Waals surface area contributed by atoms with E-state index in [1.807, 2.05) is 11.0 Å². The van der Waals surface area contributed by atoms with Crippen molar-refractivity contribution in [1.82, 2.24) is 19.8 Å². The Kier molecular flexibility index (Phi) is 9.05. The number of methoxy groups -OCH3 is 1. The lowest BCUT2D eigenvalue weighted by Gasteiger charge is -2.32. The van der Waals surface area contributed by atoms with E-state index in [4.69, 9.17) is 21.7 Å². The zero-order valence-electron chi connectivity index (χ0n) is 24.0. The van der Waals surface area contributed by atoms with Crippen LogP contribution in [0.1, 0.15) is 37.7 Å². The van der Waals surface area contributed by atoms with Gasteiger partial charge in [-0.2, -0.15) is 4.98 Å². The fourth-order valence-corrected chi connectivity index (χ4v) is 4.20. The number of aromatic nitrogens is 2. The largest absolute Gasteiger partial charge is 0.461 e. The van der Waals surface area contributed by atoms with Crippen molar-refractivity contribution in [2.24, 2.45) is 0 Å². The van der Waals surface area contributed by atoms with Crippen molar-refractivity contribution in [3.05, 3.63) is 69.9 Å². The average molecular weight is 559 g/mol. The highest BCUT2D eigenvalue weighted by Gasteiger charge is 2.33. The van der Waals surface area contributed by atoms with Gasteiger partial charge >= 0.3 is 11.7 Å². The molecule has 3 heterocycles. The molecule has 2 N–H and O–H groups in total. The van der Waals surface area contributed by atoms with Crippen LogP contribution in [0.4, 0.5) is 5.82 Å². The van der Waals surface area contributed by atoms with Gasteiger partial charge in [-0.3, -0.25) is 19.0 Å². The van der Waals surface area contributed by atoms with Gasteiger partial charge in [0, 0.05) is 45.4 Å². The second kappa shape index (κ2) is 13.8. The van der Waals surface area contributed by atoms with Crippen molar-refractivity contribution < 1.29 is 36.1 Å². The first-order chi connectivity index (χ1) is 20.2. The third kappa shape index (κ3) is 7.52. The van der Waals surface area contributed by atoms with E-state index in [9.17, 15) is 19.2 Å². The number of carbonyl (C=O) groups excluding carboxylic acids is 3. The molecule has 3 atom stereocenters. The van der Waals surface area contributed by atoms with Gasteiger partial charge in [0.15, 0.2) is 6.23 Å². The minimum Gasteiger partial charge on any atom is -0.461 e. The summed E-state index contributed by atoms with van der Waals surface area (Å²) in [5.41, 5.74) is 1.05. The van der Waals surface area contributed by atoms with E-state index in [0.717, 1.165) is 5.70 Å². The Bertz CT molecular complexity index is 1340. The van der Waals surface area contributed by atoms with E-state index >= 15 is 0 Å². The molecule has 13 heteroatoms. The molecule has 1 fully saturated rings. The quantitative estimate of drug-likeness (QED) is 0.380. The summed E-state index contributed by atoms with van der Waals surface area (Å²) in [6.45, 7) is 2.24. The molecule has 1 saturated heterocycles. The van der Waals surface area contributed by atoms with Crippen LogP contribution in [-0.2, 0) is 35.1 Å². The number of morpholine rings is 1. The van der Waals surface area contributed by atoms with Gasteiger partial charge in [0.1, 0.15) is 18.5 Å². The van der Waals surface area contributed by atoms with E-state index < -0.39 is 37.0 Å². The van der Waals surface area contributed by atoms with Crippen molar-refractivity contribution in [1.29, 1.82) is 0 Å². The maximum absolute atomic E-state index is 13.0. The standard InChI is InChI=1S/C27H33N5O8/c1-28-23(33)7-8-24(34)39-16-18-3-5-19(6-4-18)25(35)29-22-9-10-32(27(36)30-22)26-21(15-20(40-26)17-37-2)31-11-13-38-14-12-31/h3-6,9-10,15,20,26H,7-8,11-14,16-17H2,1-2H3,(H,28,33)(H,29,30,35,36)/t20-,26+/m0/s1/i2TD/t2?,20-,26+. The lowest BCUT2D eigenvalue weighted by atomic mass is 10.1. The number of carbonyl (C=O) groups is 3. The second-order valence-corrected chi connectivity index (χ2v) is 9.04. The van der Waals surface area contributed by atoms with Crippen LogP contribution in [0.2, 0.25) is 0 Å². The summed E-state index contributed by atoms with van der Waals surface area (Å²) >= 11 is 0. The number of nitrogens with zero attached hydrogens (tertiary/aromatic N) is 3. The Morgan fingerprint density at radius 1 is 1.20 bits per heavy atom. The summed E-state index contributed by atoms with van der Waals surface area (Å²) in [7, 11) is 0.0323. The van der Waals surface area contributed by atoms with Crippen LogP contribution < -0.4 is 16.3 Å². The molecule has 1 aromatic carbocycles.